The summed E-state index contributed by atoms with van der Waals surface area (Å²) in [6.45, 7) is 4.48. The predicted molar refractivity (Wildman–Crippen MR) is 50.8 cm³/mol. The molecule has 0 N–H and O–H groups in total. The van der Waals surface area contributed by atoms with E-state index in [4.69, 9.17) is 9.16 Å². The van der Waals surface area contributed by atoms with Crippen LogP contribution in [0, 0.1) is 5.92 Å². The van der Waals surface area contributed by atoms with Gasteiger partial charge in [0.1, 0.15) is 0 Å². The van der Waals surface area contributed by atoms with Gasteiger partial charge in [-0.05, 0) is 12.5 Å². The highest BCUT2D eigenvalue weighted by molar-refractivity contribution is 6.30. The molecule has 0 rings (SSSR count). The quantitative estimate of drug-likeness (QED) is 0.457. The molecule has 0 aromatic carbocycles. The lowest BCUT2D eigenvalue weighted by molar-refractivity contribution is -0.137. The summed E-state index contributed by atoms with van der Waals surface area (Å²) in [7, 11) is 1.05. The van der Waals surface area contributed by atoms with Gasteiger partial charge in [-0.3, -0.25) is 4.79 Å². The summed E-state index contributed by atoms with van der Waals surface area (Å²) < 4.78 is 9.97. The molecule has 0 aromatic rings. The monoisotopic (exact) mass is 190 g/mol. The molecular formula is C8H18O3Si. The molecule has 0 atom stereocenters. The Bertz CT molecular complexity index is 125. The van der Waals surface area contributed by atoms with Crippen LogP contribution in [0.1, 0.15) is 20.3 Å². The van der Waals surface area contributed by atoms with Gasteiger partial charge in [0.15, 0.2) is 0 Å². The van der Waals surface area contributed by atoms with Gasteiger partial charge in [0, 0.05) is 19.6 Å². The molecule has 4 heteroatoms. The first-order chi connectivity index (χ1) is 5.68. The first-order valence-electron chi connectivity index (χ1n) is 4.34. The molecular weight excluding hydrogens is 172 g/mol. The zero-order valence-electron chi connectivity index (χ0n) is 8.13. The van der Waals surface area contributed by atoms with Crippen LogP contribution < -0.4 is 0 Å². The van der Waals surface area contributed by atoms with E-state index in [-0.39, 0.29) is 11.9 Å². The molecule has 12 heavy (non-hydrogen) atoms. The lowest BCUT2D eigenvalue weighted by Crippen LogP contribution is -2.14. The Kier molecular flexibility index (Phi) is 7.09. The molecule has 0 aliphatic carbocycles. The normalized spacial score (nSPS) is 11.3. The smallest absolute Gasteiger partial charge is 0.294 e. The number of carbonyl (C=O) groups is 1. The standard InChI is InChI=1S/C8H18O3Si/c1-7(2)8(9)11-12-6-4-5-10-3/h7H,4-6,12H2,1-3H3. The van der Waals surface area contributed by atoms with Crippen molar-refractivity contribution < 1.29 is 14.0 Å². The third kappa shape index (κ3) is 6.36. The van der Waals surface area contributed by atoms with E-state index in [1.54, 1.807) is 7.11 Å². The predicted octanol–water partition coefficient (Wildman–Crippen LogP) is 0.724. The minimum absolute atomic E-state index is 0.0138. The van der Waals surface area contributed by atoms with Crippen molar-refractivity contribution >= 4 is 15.7 Å². The average molecular weight is 190 g/mol. The number of hydrogen-bond donors (Lipinski definition) is 0. The van der Waals surface area contributed by atoms with Crippen LogP contribution in [0.3, 0.4) is 0 Å². The number of hydrogen-bond acceptors (Lipinski definition) is 3. The van der Waals surface area contributed by atoms with Crippen molar-refractivity contribution in [3.8, 4) is 0 Å². The Morgan fingerprint density at radius 2 is 2.17 bits per heavy atom. The summed E-state index contributed by atoms with van der Waals surface area (Å²) in [6.07, 6.45) is 1.01. The van der Waals surface area contributed by atoms with E-state index in [9.17, 15) is 4.79 Å². The van der Waals surface area contributed by atoms with Gasteiger partial charge < -0.3 is 9.16 Å². The highest BCUT2D eigenvalue weighted by Gasteiger charge is 2.06. The summed E-state index contributed by atoms with van der Waals surface area (Å²) in [5, 5.41) is 0. The highest BCUT2D eigenvalue weighted by Crippen LogP contribution is 1.97. The fourth-order valence-electron chi connectivity index (χ4n) is 0.688. The van der Waals surface area contributed by atoms with Crippen LogP contribution in [0.15, 0.2) is 0 Å². The lowest BCUT2D eigenvalue weighted by atomic mass is 10.2. The molecule has 0 amide bonds. The van der Waals surface area contributed by atoms with E-state index in [2.05, 4.69) is 0 Å². The molecule has 0 aliphatic rings. The summed E-state index contributed by atoms with van der Waals surface area (Å²) in [5.41, 5.74) is 0. The Balaban J connectivity index is 3.14. The fraction of sp³-hybridized carbons (Fsp3) is 0.875. The molecule has 0 heterocycles. The van der Waals surface area contributed by atoms with Crippen LogP contribution in [0.25, 0.3) is 0 Å². The zero-order valence-corrected chi connectivity index (χ0v) is 9.54. The van der Waals surface area contributed by atoms with Crippen molar-refractivity contribution in [1.29, 1.82) is 0 Å². The van der Waals surface area contributed by atoms with E-state index >= 15 is 0 Å². The van der Waals surface area contributed by atoms with Crippen molar-refractivity contribution in [2.45, 2.75) is 26.3 Å². The Morgan fingerprint density at radius 1 is 1.50 bits per heavy atom. The third-order valence-electron chi connectivity index (χ3n) is 1.46. The molecule has 0 saturated carbocycles. The van der Waals surface area contributed by atoms with Crippen LogP contribution in [-0.4, -0.2) is 29.4 Å². The molecule has 0 saturated heterocycles. The van der Waals surface area contributed by atoms with Gasteiger partial charge >= 0.3 is 0 Å². The topological polar surface area (TPSA) is 35.5 Å². The van der Waals surface area contributed by atoms with Gasteiger partial charge in [-0.1, -0.05) is 13.8 Å². The van der Waals surface area contributed by atoms with E-state index in [0.29, 0.717) is 0 Å². The van der Waals surface area contributed by atoms with Crippen LogP contribution in [0.2, 0.25) is 6.04 Å². The first-order valence-corrected chi connectivity index (χ1v) is 5.91. The summed E-state index contributed by atoms with van der Waals surface area (Å²) >= 11 is 0. The summed E-state index contributed by atoms with van der Waals surface area (Å²) in [6, 6.07) is 1.02. The minimum Gasteiger partial charge on any atom is -0.525 e. The van der Waals surface area contributed by atoms with Gasteiger partial charge in [0.2, 0.25) is 9.76 Å². The highest BCUT2D eigenvalue weighted by atomic mass is 28.2. The van der Waals surface area contributed by atoms with Gasteiger partial charge in [-0.25, -0.2) is 0 Å². The summed E-state index contributed by atoms with van der Waals surface area (Å²) in [5.74, 6) is -0.0426. The number of ether oxygens (including phenoxy) is 1. The van der Waals surface area contributed by atoms with Crippen LogP contribution >= 0.6 is 0 Å². The minimum atomic E-state index is -0.629. The molecule has 0 aliphatic heterocycles. The van der Waals surface area contributed by atoms with Crippen molar-refractivity contribution in [2.75, 3.05) is 13.7 Å². The lowest BCUT2D eigenvalue weighted by Gasteiger charge is -2.06. The molecule has 0 unspecified atom stereocenters. The fourth-order valence-corrected chi connectivity index (χ4v) is 1.77. The second kappa shape index (κ2) is 7.30. The molecule has 0 radical (unpaired) electrons. The van der Waals surface area contributed by atoms with E-state index < -0.39 is 9.76 Å². The maximum atomic E-state index is 11.0. The second-order valence-corrected chi connectivity index (χ2v) is 4.43. The molecule has 0 aromatic heterocycles. The molecule has 0 bridgehead atoms. The number of rotatable bonds is 6. The van der Waals surface area contributed by atoms with Crippen molar-refractivity contribution in [3.05, 3.63) is 0 Å². The van der Waals surface area contributed by atoms with E-state index in [0.717, 1.165) is 19.1 Å². The zero-order chi connectivity index (χ0) is 9.40. The summed E-state index contributed by atoms with van der Waals surface area (Å²) in [4.78, 5) is 11.0. The Hall–Kier alpha value is -0.353. The molecule has 0 fully saturated rings. The third-order valence-corrected chi connectivity index (χ3v) is 2.74. The van der Waals surface area contributed by atoms with Crippen molar-refractivity contribution in [3.63, 3.8) is 0 Å². The van der Waals surface area contributed by atoms with E-state index in [1.165, 1.54) is 0 Å². The number of carbonyl (C=O) groups excluding carboxylic acids is 1. The Morgan fingerprint density at radius 3 is 2.67 bits per heavy atom. The Labute approximate surface area is 76.4 Å². The van der Waals surface area contributed by atoms with Crippen molar-refractivity contribution in [1.82, 2.24) is 0 Å². The largest absolute Gasteiger partial charge is 0.525 e. The molecule has 72 valence electrons. The van der Waals surface area contributed by atoms with Gasteiger partial charge in [0.05, 0.1) is 0 Å². The van der Waals surface area contributed by atoms with Crippen LogP contribution in [-0.2, 0) is 14.0 Å². The van der Waals surface area contributed by atoms with Gasteiger partial charge in [0.25, 0.3) is 5.97 Å². The van der Waals surface area contributed by atoms with E-state index in [1.807, 2.05) is 13.8 Å². The maximum absolute atomic E-state index is 11.0. The van der Waals surface area contributed by atoms with Gasteiger partial charge in [-0.2, -0.15) is 0 Å². The SMILES string of the molecule is COCCC[SiH2]OC(=O)C(C)C. The van der Waals surface area contributed by atoms with Gasteiger partial charge in [-0.15, -0.1) is 0 Å². The second-order valence-electron chi connectivity index (χ2n) is 3.02. The van der Waals surface area contributed by atoms with Crippen molar-refractivity contribution in [2.24, 2.45) is 5.92 Å². The van der Waals surface area contributed by atoms with Crippen LogP contribution in [0.5, 0.6) is 0 Å². The molecule has 3 nitrogen and oxygen atoms in total. The average Bonchev–Trinajstić information content (AvgIpc) is 2.03. The maximum Gasteiger partial charge on any atom is 0.294 e. The van der Waals surface area contributed by atoms with Crippen LogP contribution in [0.4, 0.5) is 0 Å². The first kappa shape index (κ1) is 11.6. The number of methoxy groups -OCH3 is 1. The molecule has 0 spiro atoms.